The second-order valence-corrected chi connectivity index (χ2v) is 22.6. The number of sulfone groups is 2. The SMILES string of the molecule is Nc1c(N=Nc2ccccc2S(=O)(=O)O)cc(N=Nc2ccc(S(=O)(=O)CCOS(=O)(=O)O)cc2S(=O)(=O)O)c(N)c1N=Nc1ccc(S(=O)(=O)CCOS(=O)(=O)O)cc1S(=O)(=O)O. The third-order valence-corrected chi connectivity index (χ3v) is 14.5. The first kappa shape index (κ1) is 51.3. The van der Waals surface area contributed by atoms with E-state index in [1.54, 1.807) is 0 Å². The predicted octanol–water partition coefficient (Wildman–Crippen LogP) is 3.02. The Morgan fingerprint density at radius 3 is 1.14 bits per heavy atom. The molecule has 0 spiro atoms. The van der Waals surface area contributed by atoms with Gasteiger partial charge in [0, 0.05) is 0 Å². The van der Waals surface area contributed by atoms with Gasteiger partial charge in [-0.25, -0.2) is 25.2 Å². The normalized spacial score (nSPS) is 13.6. The lowest BCUT2D eigenvalue weighted by Gasteiger charge is -2.11. The van der Waals surface area contributed by atoms with Crippen molar-refractivity contribution in [3.63, 3.8) is 0 Å². The summed E-state index contributed by atoms with van der Waals surface area (Å²) < 4.78 is 222. The van der Waals surface area contributed by atoms with Crippen LogP contribution in [-0.4, -0.2) is 106 Å². The summed E-state index contributed by atoms with van der Waals surface area (Å²) in [6.07, 6.45) is 0. The van der Waals surface area contributed by atoms with Crippen molar-refractivity contribution in [1.29, 1.82) is 0 Å². The number of nitrogen functional groups attached to an aromatic ring is 2. The average Bonchev–Trinajstić information content (AvgIpc) is 3.14. The molecule has 0 amide bonds. The van der Waals surface area contributed by atoms with Crippen molar-refractivity contribution < 1.29 is 90.1 Å². The van der Waals surface area contributed by atoms with Crippen molar-refractivity contribution in [1.82, 2.24) is 0 Å². The highest BCUT2D eigenvalue weighted by Crippen LogP contribution is 2.46. The third kappa shape index (κ3) is 13.8. The minimum absolute atomic E-state index is 0.396. The first-order valence-corrected chi connectivity index (χ1v) is 26.5. The molecule has 4 rings (SSSR count). The lowest BCUT2D eigenvalue weighted by molar-refractivity contribution is 0.282. The molecular formula is C28H28N8O21S7. The minimum Gasteiger partial charge on any atom is -0.395 e. The number of nitrogens with zero attached hydrogens (tertiary/aromatic N) is 6. The maximum absolute atomic E-state index is 12.8. The first-order chi connectivity index (χ1) is 29.2. The molecule has 9 N–H and O–H groups in total. The van der Waals surface area contributed by atoms with Crippen molar-refractivity contribution >= 4 is 116 Å². The smallest absolute Gasteiger partial charge is 0.395 e. The largest absolute Gasteiger partial charge is 0.397 e. The Morgan fingerprint density at radius 1 is 0.422 bits per heavy atom. The van der Waals surface area contributed by atoms with Gasteiger partial charge >= 0.3 is 20.8 Å². The maximum atomic E-state index is 12.8. The number of anilines is 2. The first-order valence-electron chi connectivity index (χ1n) is 16.2. The highest BCUT2D eigenvalue weighted by Gasteiger charge is 2.26. The molecule has 0 heterocycles. The summed E-state index contributed by atoms with van der Waals surface area (Å²) >= 11 is 0. The van der Waals surface area contributed by atoms with E-state index in [1.165, 1.54) is 12.1 Å². The molecule has 0 aliphatic carbocycles. The molecule has 0 saturated heterocycles. The van der Waals surface area contributed by atoms with Crippen LogP contribution >= 0.6 is 0 Å². The van der Waals surface area contributed by atoms with Crippen molar-refractivity contribution in [2.75, 3.05) is 36.2 Å². The molecule has 4 aromatic carbocycles. The molecule has 36 heteroatoms. The number of nitrogens with two attached hydrogens (primary N) is 2. The van der Waals surface area contributed by atoms with Crippen LogP contribution in [0.2, 0.25) is 0 Å². The van der Waals surface area contributed by atoms with Gasteiger partial charge < -0.3 is 11.5 Å². The van der Waals surface area contributed by atoms with Gasteiger partial charge in [0.2, 0.25) is 0 Å². The van der Waals surface area contributed by atoms with Crippen LogP contribution in [0.4, 0.5) is 45.5 Å². The fraction of sp³-hybridized carbons (Fsp3) is 0.143. The van der Waals surface area contributed by atoms with Crippen LogP contribution in [0.5, 0.6) is 0 Å². The molecule has 0 aliphatic rings. The Hall–Kier alpha value is -5.35. The summed E-state index contributed by atoms with van der Waals surface area (Å²) in [5.41, 5.74) is 7.31. The van der Waals surface area contributed by atoms with Crippen molar-refractivity contribution in [3.8, 4) is 0 Å². The lowest BCUT2D eigenvalue weighted by atomic mass is 10.2. The summed E-state index contributed by atoms with van der Waals surface area (Å²) in [4.78, 5) is -4.79. The predicted molar refractivity (Wildman–Crippen MR) is 216 cm³/mol. The molecule has 4 aromatic rings. The van der Waals surface area contributed by atoms with Crippen LogP contribution in [-0.2, 0) is 79.2 Å². The zero-order valence-electron chi connectivity index (χ0n) is 31.1. The summed E-state index contributed by atoms with van der Waals surface area (Å²) in [6, 6.07) is 9.14. The van der Waals surface area contributed by atoms with E-state index in [4.69, 9.17) is 20.6 Å². The molecule has 0 fully saturated rings. The van der Waals surface area contributed by atoms with E-state index in [1.807, 2.05) is 0 Å². The Morgan fingerprint density at radius 2 is 0.766 bits per heavy atom. The van der Waals surface area contributed by atoms with Crippen LogP contribution in [0.25, 0.3) is 0 Å². The highest BCUT2D eigenvalue weighted by atomic mass is 32.3. The third-order valence-electron chi connectivity index (χ3n) is 7.57. The van der Waals surface area contributed by atoms with E-state index in [9.17, 15) is 72.6 Å². The fourth-order valence-corrected chi connectivity index (χ4v) is 9.80. The van der Waals surface area contributed by atoms with Crippen LogP contribution in [0.15, 0.2) is 122 Å². The van der Waals surface area contributed by atoms with Gasteiger partial charge in [0.15, 0.2) is 19.7 Å². The molecule has 0 bridgehead atoms. The fourth-order valence-electron chi connectivity index (χ4n) is 4.71. The minimum atomic E-state index is -5.37. The molecule has 0 unspecified atom stereocenters. The Balaban J connectivity index is 1.91. The highest BCUT2D eigenvalue weighted by molar-refractivity contribution is 7.92. The second kappa shape index (κ2) is 19.0. The van der Waals surface area contributed by atoms with E-state index < -0.39 is 166 Å². The van der Waals surface area contributed by atoms with Crippen LogP contribution in [0.3, 0.4) is 0 Å². The molecule has 0 aliphatic heterocycles. The number of hydrogen-bond acceptors (Lipinski definition) is 24. The van der Waals surface area contributed by atoms with Gasteiger partial charge in [-0.15, -0.1) is 30.7 Å². The second-order valence-electron chi connectivity index (χ2n) is 12.0. The van der Waals surface area contributed by atoms with Gasteiger partial charge in [-0.2, -0.15) is 42.1 Å². The van der Waals surface area contributed by atoms with E-state index >= 15 is 0 Å². The Kier molecular flexibility index (Phi) is 15.2. The Bertz CT molecular complexity index is 3420. The topological polar surface area (TPSA) is 485 Å². The molecule has 29 nitrogen and oxygen atoms in total. The van der Waals surface area contributed by atoms with Crippen molar-refractivity contribution in [2.45, 2.75) is 24.5 Å². The zero-order valence-corrected chi connectivity index (χ0v) is 36.9. The number of azo groups is 3. The lowest BCUT2D eigenvalue weighted by Crippen LogP contribution is -2.16. The average molecular weight is 1040 g/mol. The number of benzene rings is 4. The number of hydrogen-bond donors (Lipinski definition) is 7. The van der Waals surface area contributed by atoms with E-state index in [0.29, 0.717) is 24.3 Å². The monoisotopic (exact) mass is 1040 g/mol. The van der Waals surface area contributed by atoms with Crippen molar-refractivity contribution in [3.05, 3.63) is 66.7 Å². The summed E-state index contributed by atoms with van der Waals surface area (Å²) in [6.45, 7) is -2.22. The van der Waals surface area contributed by atoms with E-state index in [0.717, 1.165) is 30.3 Å². The van der Waals surface area contributed by atoms with Gasteiger partial charge in [-0.1, -0.05) is 12.1 Å². The molecule has 0 radical (unpaired) electrons. The molecule has 64 heavy (non-hydrogen) atoms. The summed E-state index contributed by atoms with van der Waals surface area (Å²) in [7, 11) is -34.9. The summed E-state index contributed by atoms with van der Waals surface area (Å²) in [5, 5.41) is 22.5. The quantitative estimate of drug-likeness (QED) is 0.0403. The van der Waals surface area contributed by atoms with E-state index in [-0.39, 0.29) is 0 Å². The van der Waals surface area contributed by atoms with Gasteiger partial charge in [0.05, 0.1) is 45.9 Å². The van der Waals surface area contributed by atoms with Crippen LogP contribution < -0.4 is 11.5 Å². The molecule has 0 atom stereocenters. The zero-order chi connectivity index (χ0) is 48.3. The standard InChI is InChI=1S/C28H28N8O21S7/c29-26-21(34-31-18-3-1-2-4-23(18)60(41,42)43)15-22(35-32-19-7-5-16(13-24(19)61(44,45)46)58(37,38)11-9-56-63(50,51)52)27(30)28(26)36-33-20-8-6-17(14-25(20)62(47,48)49)59(39,40)12-10-57-64(53,54)55/h1-8,13-15H,9-12,29-30H2,(H,41,42,43)(H,44,45,46)(H,47,48,49)(H,50,51,52)(H,53,54,55). The maximum Gasteiger partial charge on any atom is 0.397 e. The number of rotatable bonds is 19. The van der Waals surface area contributed by atoms with E-state index in [2.05, 4.69) is 39.1 Å². The molecule has 0 saturated carbocycles. The summed E-state index contributed by atoms with van der Waals surface area (Å²) in [5.74, 6) is -2.24. The molecule has 348 valence electrons. The molecular weight excluding hydrogens is 1010 g/mol. The van der Waals surface area contributed by atoms with Crippen LogP contribution in [0.1, 0.15) is 0 Å². The molecule has 0 aromatic heterocycles. The van der Waals surface area contributed by atoms with Crippen molar-refractivity contribution in [2.24, 2.45) is 30.7 Å². The van der Waals surface area contributed by atoms with Gasteiger partial charge in [-0.3, -0.25) is 22.8 Å². The van der Waals surface area contributed by atoms with Gasteiger partial charge in [0.25, 0.3) is 30.4 Å². The Labute approximate surface area is 362 Å². The van der Waals surface area contributed by atoms with Gasteiger partial charge in [0.1, 0.15) is 48.8 Å². The van der Waals surface area contributed by atoms with Crippen LogP contribution in [0, 0.1) is 0 Å². The van der Waals surface area contributed by atoms with Gasteiger partial charge in [-0.05, 0) is 54.6 Å².